The third-order valence-corrected chi connectivity index (χ3v) is 4.64. The van der Waals surface area contributed by atoms with E-state index in [9.17, 15) is 4.79 Å². The summed E-state index contributed by atoms with van der Waals surface area (Å²) >= 11 is 3.46. The summed E-state index contributed by atoms with van der Waals surface area (Å²) in [5.74, 6) is 1.08. The van der Waals surface area contributed by atoms with Crippen molar-refractivity contribution in [2.75, 3.05) is 11.4 Å². The summed E-state index contributed by atoms with van der Waals surface area (Å²) in [4.78, 5) is 18.8. The minimum Gasteiger partial charge on any atom is -0.352 e. The van der Waals surface area contributed by atoms with Crippen LogP contribution in [0.2, 0.25) is 0 Å². The van der Waals surface area contributed by atoms with E-state index in [2.05, 4.69) is 31.1 Å². The predicted molar refractivity (Wildman–Crippen MR) is 78.2 cm³/mol. The second-order valence-electron chi connectivity index (χ2n) is 5.43. The van der Waals surface area contributed by atoms with Crippen LogP contribution in [0.5, 0.6) is 0 Å². The SMILES string of the molecule is Cc1cc(N2CCC[C@H]2C(=O)NC2CC2)ncc1Br. The molecule has 0 unspecified atom stereocenters. The van der Waals surface area contributed by atoms with E-state index in [1.54, 1.807) is 0 Å². The Morgan fingerprint density at radius 1 is 1.47 bits per heavy atom. The summed E-state index contributed by atoms with van der Waals surface area (Å²) in [6, 6.07) is 2.43. The molecule has 0 radical (unpaired) electrons. The minimum absolute atomic E-state index is 0.0475. The molecular formula is C14H18BrN3O. The van der Waals surface area contributed by atoms with Gasteiger partial charge in [0, 0.05) is 23.3 Å². The van der Waals surface area contributed by atoms with Gasteiger partial charge < -0.3 is 10.2 Å². The molecule has 5 heteroatoms. The molecule has 19 heavy (non-hydrogen) atoms. The van der Waals surface area contributed by atoms with E-state index in [1.807, 2.05) is 19.2 Å². The van der Waals surface area contributed by atoms with Crippen molar-refractivity contribution in [3.63, 3.8) is 0 Å². The highest BCUT2D eigenvalue weighted by Crippen LogP contribution is 2.28. The molecule has 1 saturated heterocycles. The number of anilines is 1. The Labute approximate surface area is 121 Å². The average molecular weight is 324 g/mol. The predicted octanol–water partition coefficient (Wildman–Crippen LogP) is 2.40. The molecule has 4 nitrogen and oxygen atoms in total. The van der Waals surface area contributed by atoms with Gasteiger partial charge in [-0.2, -0.15) is 0 Å². The standard InChI is InChI=1S/C14H18BrN3O/c1-9-7-13(16-8-11(9)15)18-6-2-3-12(18)14(19)17-10-4-5-10/h7-8,10,12H,2-6H2,1H3,(H,17,19)/t12-/m0/s1. The number of nitrogens with zero attached hydrogens (tertiary/aromatic N) is 2. The highest BCUT2D eigenvalue weighted by atomic mass is 79.9. The maximum atomic E-state index is 12.2. The molecule has 1 aromatic rings. The topological polar surface area (TPSA) is 45.2 Å². The van der Waals surface area contributed by atoms with E-state index in [0.717, 1.165) is 48.1 Å². The fourth-order valence-electron chi connectivity index (χ4n) is 2.52. The van der Waals surface area contributed by atoms with Crippen molar-refractivity contribution < 1.29 is 4.79 Å². The highest BCUT2D eigenvalue weighted by Gasteiger charge is 2.34. The number of aryl methyl sites for hydroxylation is 1. The van der Waals surface area contributed by atoms with Gasteiger partial charge in [-0.25, -0.2) is 4.98 Å². The summed E-state index contributed by atoms with van der Waals surface area (Å²) in [6.07, 6.45) is 6.07. The minimum atomic E-state index is -0.0475. The smallest absolute Gasteiger partial charge is 0.242 e. The van der Waals surface area contributed by atoms with Gasteiger partial charge in [-0.1, -0.05) is 0 Å². The lowest BCUT2D eigenvalue weighted by molar-refractivity contribution is -0.122. The molecular weight excluding hydrogens is 306 g/mol. The Balaban J connectivity index is 1.77. The Morgan fingerprint density at radius 2 is 2.26 bits per heavy atom. The van der Waals surface area contributed by atoms with Crippen molar-refractivity contribution in [1.29, 1.82) is 0 Å². The normalized spacial score (nSPS) is 22.6. The lowest BCUT2D eigenvalue weighted by Gasteiger charge is -2.25. The van der Waals surface area contributed by atoms with Crippen LogP contribution in [0.15, 0.2) is 16.7 Å². The van der Waals surface area contributed by atoms with Crippen molar-refractivity contribution in [1.82, 2.24) is 10.3 Å². The molecule has 1 saturated carbocycles. The molecule has 2 aliphatic rings. The van der Waals surface area contributed by atoms with E-state index in [-0.39, 0.29) is 11.9 Å². The molecule has 1 aromatic heterocycles. The fourth-order valence-corrected chi connectivity index (χ4v) is 2.74. The largest absolute Gasteiger partial charge is 0.352 e. The van der Waals surface area contributed by atoms with Gasteiger partial charge >= 0.3 is 0 Å². The summed E-state index contributed by atoms with van der Waals surface area (Å²) in [5, 5.41) is 3.10. The third kappa shape index (κ3) is 2.76. The van der Waals surface area contributed by atoms with E-state index in [0.29, 0.717) is 6.04 Å². The molecule has 1 amide bonds. The van der Waals surface area contributed by atoms with Gasteiger partial charge in [-0.15, -0.1) is 0 Å². The van der Waals surface area contributed by atoms with Gasteiger partial charge in [0.25, 0.3) is 0 Å². The number of rotatable bonds is 3. The van der Waals surface area contributed by atoms with Crippen molar-refractivity contribution in [2.24, 2.45) is 0 Å². The fraction of sp³-hybridized carbons (Fsp3) is 0.571. The van der Waals surface area contributed by atoms with Crippen LogP contribution in [-0.2, 0) is 4.79 Å². The Morgan fingerprint density at radius 3 is 2.95 bits per heavy atom. The number of carbonyl (C=O) groups is 1. The van der Waals surface area contributed by atoms with Crippen LogP contribution in [0, 0.1) is 6.92 Å². The first-order chi connectivity index (χ1) is 9.15. The van der Waals surface area contributed by atoms with Crippen LogP contribution in [0.1, 0.15) is 31.2 Å². The number of hydrogen-bond acceptors (Lipinski definition) is 3. The van der Waals surface area contributed by atoms with Crippen LogP contribution in [0.25, 0.3) is 0 Å². The molecule has 0 spiro atoms. The third-order valence-electron chi connectivity index (χ3n) is 3.81. The summed E-state index contributed by atoms with van der Waals surface area (Å²) in [5.41, 5.74) is 1.15. The number of pyridine rings is 1. The maximum absolute atomic E-state index is 12.2. The Hall–Kier alpha value is -1.10. The molecule has 102 valence electrons. The van der Waals surface area contributed by atoms with Gasteiger partial charge in [-0.05, 0) is 60.2 Å². The van der Waals surface area contributed by atoms with Gasteiger partial charge in [0.05, 0.1) is 0 Å². The first kappa shape index (κ1) is 12.9. The second kappa shape index (κ2) is 5.12. The molecule has 2 heterocycles. The van der Waals surface area contributed by atoms with Crippen molar-refractivity contribution in [3.05, 3.63) is 22.3 Å². The number of aromatic nitrogens is 1. The Kier molecular flexibility index (Phi) is 3.48. The number of amides is 1. The molecule has 1 aliphatic heterocycles. The summed E-state index contributed by atoms with van der Waals surface area (Å²) in [7, 11) is 0. The van der Waals surface area contributed by atoms with Crippen molar-refractivity contribution in [3.8, 4) is 0 Å². The van der Waals surface area contributed by atoms with Gasteiger partial charge in [0.1, 0.15) is 11.9 Å². The number of nitrogens with one attached hydrogen (secondary N) is 1. The van der Waals surface area contributed by atoms with E-state index in [4.69, 9.17) is 0 Å². The maximum Gasteiger partial charge on any atom is 0.242 e. The quantitative estimate of drug-likeness (QED) is 0.929. The monoisotopic (exact) mass is 323 g/mol. The molecule has 1 aliphatic carbocycles. The van der Waals surface area contributed by atoms with Crippen molar-refractivity contribution >= 4 is 27.7 Å². The van der Waals surface area contributed by atoms with Crippen molar-refractivity contribution in [2.45, 2.75) is 44.7 Å². The molecule has 2 fully saturated rings. The Bertz CT molecular complexity index is 501. The molecule has 3 rings (SSSR count). The molecule has 0 bridgehead atoms. The lowest BCUT2D eigenvalue weighted by Crippen LogP contribution is -2.44. The zero-order valence-corrected chi connectivity index (χ0v) is 12.6. The van der Waals surface area contributed by atoms with Crippen LogP contribution in [-0.4, -0.2) is 29.5 Å². The van der Waals surface area contributed by atoms with Crippen LogP contribution in [0.3, 0.4) is 0 Å². The zero-order chi connectivity index (χ0) is 13.4. The highest BCUT2D eigenvalue weighted by molar-refractivity contribution is 9.10. The second-order valence-corrected chi connectivity index (χ2v) is 6.28. The van der Waals surface area contributed by atoms with E-state index < -0.39 is 0 Å². The first-order valence-corrected chi connectivity index (χ1v) is 7.63. The van der Waals surface area contributed by atoms with Gasteiger partial charge in [-0.3, -0.25) is 4.79 Å². The van der Waals surface area contributed by atoms with Crippen LogP contribution < -0.4 is 10.2 Å². The zero-order valence-electron chi connectivity index (χ0n) is 11.0. The summed E-state index contributed by atoms with van der Waals surface area (Å²) < 4.78 is 1.01. The van der Waals surface area contributed by atoms with E-state index >= 15 is 0 Å². The summed E-state index contributed by atoms with van der Waals surface area (Å²) in [6.45, 7) is 2.96. The molecule has 1 atom stereocenters. The molecule has 0 aromatic carbocycles. The number of hydrogen-bond donors (Lipinski definition) is 1. The van der Waals surface area contributed by atoms with Gasteiger partial charge in [0.2, 0.25) is 5.91 Å². The number of carbonyl (C=O) groups excluding carboxylic acids is 1. The lowest BCUT2D eigenvalue weighted by atomic mass is 10.2. The van der Waals surface area contributed by atoms with Gasteiger partial charge in [0.15, 0.2) is 0 Å². The van der Waals surface area contributed by atoms with E-state index in [1.165, 1.54) is 0 Å². The van der Waals surface area contributed by atoms with Crippen LogP contribution >= 0.6 is 15.9 Å². The first-order valence-electron chi connectivity index (χ1n) is 6.84. The van der Waals surface area contributed by atoms with Crippen LogP contribution in [0.4, 0.5) is 5.82 Å². The molecule has 1 N–H and O–H groups in total. The average Bonchev–Trinajstić information content (AvgIpc) is 3.06. The number of halogens is 1.